The Bertz CT molecular complexity index is 190. The lowest BCUT2D eigenvalue weighted by Crippen LogP contribution is -2.53. The van der Waals surface area contributed by atoms with Crippen molar-refractivity contribution in [2.75, 3.05) is 26.7 Å². The van der Waals surface area contributed by atoms with Gasteiger partial charge >= 0.3 is 0 Å². The van der Waals surface area contributed by atoms with Crippen LogP contribution in [0.2, 0.25) is 0 Å². The Morgan fingerprint density at radius 3 is 2.31 bits per heavy atom. The van der Waals surface area contributed by atoms with Crippen molar-refractivity contribution in [1.29, 1.82) is 0 Å². The van der Waals surface area contributed by atoms with Gasteiger partial charge in [-0.3, -0.25) is 4.90 Å². The van der Waals surface area contributed by atoms with Crippen LogP contribution >= 0.6 is 0 Å². The predicted octanol–water partition coefficient (Wildman–Crippen LogP) is 2.00. The second kappa shape index (κ2) is 6.58. The SMILES string of the molecule is CCCC(CN)(CCC)N1CCC(OC)C1. The molecule has 0 saturated carbocycles. The van der Waals surface area contributed by atoms with E-state index in [0.717, 1.165) is 26.1 Å². The van der Waals surface area contributed by atoms with E-state index in [1.54, 1.807) is 0 Å². The average Bonchev–Trinajstić information content (AvgIpc) is 2.77. The van der Waals surface area contributed by atoms with E-state index in [1.807, 2.05) is 7.11 Å². The first kappa shape index (κ1) is 13.9. The van der Waals surface area contributed by atoms with E-state index in [0.29, 0.717) is 6.10 Å². The van der Waals surface area contributed by atoms with Gasteiger partial charge in [0.05, 0.1) is 6.10 Å². The summed E-state index contributed by atoms with van der Waals surface area (Å²) in [6.07, 6.45) is 6.43. The van der Waals surface area contributed by atoms with Crippen molar-refractivity contribution in [2.24, 2.45) is 5.73 Å². The number of nitrogens with zero attached hydrogens (tertiary/aromatic N) is 1. The molecule has 0 amide bonds. The normalized spacial score (nSPS) is 22.9. The monoisotopic (exact) mass is 228 g/mol. The van der Waals surface area contributed by atoms with Crippen LogP contribution in [-0.2, 0) is 4.74 Å². The highest BCUT2D eigenvalue weighted by atomic mass is 16.5. The molecule has 96 valence electrons. The smallest absolute Gasteiger partial charge is 0.0710 e. The van der Waals surface area contributed by atoms with Crippen molar-refractivity contribution in [2.45, 2.75) is 57.6 Å². The van der Waals surface area contributed by atoms with Crippen LogP contribution in [0, 0.1) is 0 Å². The summed E-state index contributed by atoms with van der Waals surface area (Å²) >= 11 is 0. The molecule has 0 bridgehead atoms. The zero-order chi connectivity index (χ0) is 12.0. The van der Waals surface area contributed by atoms with Crippen LogP contribution in [0.4, 0.5) is 0 Å². The Hall–Kier alpha value is -0.120. The Morgan fingerprint density at radius 1 is 1.31 bits per heavy atom. The van der Waals surface area contributed by atoms with Gasteiger partial charge < -0.3 is 10.5 Å². The summed E-state index contributed by atoms with van der Waals surface area (Å²) in [6.45, 7) is 7.50. The average molecular weight is 228 g/mol. The number of ether oxygens (including phenoxy) is 1. The molecule has 1 heterocycles. The topological polar surface area (TPSA) is 38.5 Å². The zero-order valence-electron chi connectivity index (χ0n) is 11.2. The first-order valence-corrected chi connectivity index (χ1v) is 6.70. The van der Waals surface area contributed by atoms with Gasteiger partial charge in [-0.25, -0.2) is 0 Å². The van der Waals surface area contributed by atoms with Gasteiger partial charge in [-0.1, -0.05) is 26.7 Å². The lowest BCUT2D eigenvalue weighted by molar-refractivity contribution is 0.0627. The highest BCUT2D eigenvalue weighted by molar-refractivity contribution is 4.95. The third-order valence-electron chi connectivity index (χ3n) is 3.96. The minimum atomic E-state index is 0.233. The number of rotatable bonds is 7. The number of hydrogen-bond donors (Lipinski definition) is 1. The van der Waals surface area contributed by atoms with Crippen molar-refractivity contribution in [3.63, 3.8) is 0 Å². The minimum absolute atomic E-state index is 0.233. The van der Waals surface area contributed by atoms with Gasteiger partial charge in [-0.15, -0.1) is 0 Å². The van der Waals surface area contributed by atoms with Crippen LogP contribution in [0.3, 0.4) is 0 Å². The molecule has 1 atom stereocenters. The highest BCUT2D eigenvalue weighted by Crippen LogP contribution is 2.30. The second-order valence-corrected chi connectivity index (χ2v) is 5.02. The van der Waals surface area contributed by atoms with Crippen LogP contribution in [0.5, 0.6) is 0 Å². The quantitative estimate of drug-likeness (QED) is 0.724. The standard InChI is InChI=1S/C13H28N2O/c1-4-7-13(11-14,8-5-2)15-9-6-12(10-15)16-3/h12H,4-11,14H2,1-3H3. The first-order chi connectivity index (χ1) is 7.72. The molecule has 1 unspecified atom stereocenters. The van der Waals surface area contributed by atoms with Gasteiger partial charge in [0.15, 0.2) is 0 Å². The van der Waals surface area contributed by atoms with E-state index in [9.17, 15) is 0 Å². The van der Waals surface area contributed by atoms with Crippen LogP contribution in [-0.4, -0.2) is 43.3 Å². The summed E-state index contributed by atoms with van der Waals surface area (Å²) in [5, 5.41) is 0. The molecule has 0 aromatic heterocycles. The molecular weight excluding hydrogens is 200 g/mol. The van der Waals surface area contributed by atoms with Crippen molar-refractivity contribution >= 4 is 0 Å². The summed E-state index contributed by atoms with van der Waals surface area (Å²) in [6, 6.07) is 0. The third kappa shape index (κ3) is 2.96. The molecule has 1 aliphatic rings. The van der Waals surface area contributed by atoms with E-state index >= 15 is 0 Å². The maximum absolute atomic E-state index is 6.06. The minimum Gasteiger partial charge on any atom is -0.380 e. The Balaban J connectivity index is 2.67. The zero-order valence-corrected chi connectivity index (χ0v) is 11.2. The van der Waals surface area contributed by atoms with Crippen molar-refractivity contribution < 1.29 is 4.74 Å². The number of hydrogen-bond acceptors (Lipinski definition) is 3. The summed E-state index contributed by atoms with van der Waals surface area (Å²) in [5.74, 6) is 0. The summed E-state index contributed by atoms with van der Waals surface area (Å²) in [7, 11) is 1.82. The first-order valence-electron chi connectivity index (χ1n) is 6.70. The maximum atomic E-state index is 6.06. The van der Waals surface area contributed by atoms with E-state index in [-0.39, 0.29) is 5.54 Å². The van der Waals surface area contributed by atoms with Crippen LogP contribution in [0.15, 0.2) is 0 Å². The van der Waals surface area contributed by atoms with Gasteiger partial charge in [0.2, 0.25) is 0 Å². The van der Waals surface area contributed by atoms with E-state index in [2.05, 4.69) is 18.7 Å². The summed E-state index contributed by atoms with van der Waals surface area (Å²) in [5.41, 5.74) is 6.30. The molecule has 0 aromatic rings. The number of methoxy groups -OCH3 is 1. The molecule has 0 spiro atoms. The van der Waals surface area contributed by atoms with Crippen molar-refractivity contribution in [1.82, 2.24) is 4.90 Å². The number of likely N-dealkylation sites (tertiary alicyclic amines) is 1. The summed E-state index contributed by atoms with van der Waals surface area (Å²) in [4.78, 5) is 2.58. The second-order valence-electron chi connectivity index (χ2n) is 5.02. The number of nitrogens with two attached hydrogens (primary N) is 1. The molecule has 3 heteroatoms. The Morgan fingerprint density at radius 2 is 1.94 bits per heavy atom. The van der Waals surface area contributed by atoms with Crippen molar-refractivity contribution in [3.8, 4) is 0 Å². The maximum Gasteiger partial charge on any atom is 0.0710 e. The fourth-order valence-corrected chi connectivity index (χ4v) is 3.06. The van der Waals surface area contributed by atoms with E-state index in [4.69, 9.17) is 10.5 Å². The van der Waals surface area contributed by atoms with Crippen LogP contribution in [0.1, 0.15) is 46.0 Å². The third-order valence-corrected chi connectivity index (χ3v) is 3.96. The van der Waals surface area contributed by atoms with E-state index in [1.165, 1.54) is 25.7 Å². The fraction of sp³-hybridized carbons (Fsp3) is 1.00. The molecule has 2 N–H and O–H groups in total. The molecule has 1 fully saturated rings. The largest absolute Gasteiger partial charge is 0.380 e. The van der Waals surface area contributed by atoms with E-state index < -0.39 is 0 Å². The van der Waals surface area contributed by atoms with Gasteiger partial charge in [0.25, 0.3) is 0 Å². The lowest BCUT2D eigenvalue weighted by atomic mass is 9.87. The van der Waals surface area contributed by atoms with Gasteiger partial charge in [0.1, 0.15) is 0 Å². The van der Waals surface area contributed by atoms with Crippen LogP contribution in [0.25, 0.3) is 0 Å². The fourth-order valence-electron chi connectivity index (χ4n) is 3.06. The molecular formula is C13H28N2O. The molecule has 1 aliphatic heterocycles. The Kier molecular flexibility index (Phi) is 5.73. The highest BCUT2D eigenvalue weighted by Gasteiger charge is 2.38. The molecule has 3 nitrogen and oxygen atoms in total. The lowest BCUT2D eigenvalue weighted by Gasteiger charge is -2.41. The van der Waals surface area contributed by atoms with Crippen LogP contribution < -0.4 is 5.73 Å². The molecule has 1 saturated heterocycles. The molecule has 0 aromatic carbocycles. The molecule has 0 aliphatic carbocycles. The molecule has 0 radical (unpaired) electrons. The van der Waals surface area contributed by atoms with Gasteiger partial charge in [-0.2, -0.15) is 0 Å². The molecule has 1 rings (SSSR count). The van der Waals surface area contributed by atoms with Gasteiger partial charge in [-0.05, 0) is 19.3 Å². The summed E-state index contributed by atoms with van der Waals surface area (Å²) < 4.78 is 5.45. The van der Waals surface area contributed by atoms with Crippen molar-refractivity contribution in [3.05, 3.63) is 0 Å². The van der Waals surface area contributed by atoms with Gasteiger partial charge in [0, 0.05) is 32.3 Å². The Labute approximate surface area is 100 Å². The predicted molar refractivity (Wildman–Crippen MR) is 68.6 cm³/mol. The molecule has 16 heavy (non-hydrogen) atoms.